The number of carbonyl (C=O) groups excluding carboxylic acids is 2. The number of amides is 3. The molecule has 37 heavy (non-hydrogen) atoms. The van der Waals surface area contributed by atoms with E-state index in [1.54, 1.807) is 42.5 Å². The predicted molar refractivity (Wildman–Crippen MR) is 142 cm³/mol. The molecule has 1 saturated heterocycles. The monoisotopic (exact) mass is 544 g/mol. The van der Waals surface area contributed by atoms with Gasteiger partial charge in [-0.1, -0.05) is 35.9 Å². The van der Waals surface area contributed by atoms with Gasteiger partial charge in [-0.05, 0) is 66.9 Å². The van der Waals surface area contributed by atoms with Crippen LogP contribution in [0.2, 0.25) is 5.02 Å². The van der Waals surface area contributed by atoms with Crippen LogP contribution in [0, 0.1) is 11.7 Å². The van der Waals surface area contributed by atoms with Crippen LogP contribution >= 0.6 is 11.6 Å². The van der Waals surface area contributed by atoms with Crippen molar-refractivity contribution in [1.82, 2.24) is 4.90 Å². The summed E-state index contributed by atoms with van der Waals surface area (Å²) < 4.78 is 39.3. The zero-order valence-electron chi connectivity index (χ0n) is 19.9. The number of carbonyl (C=O) groups is 2. The zero-order chi connectivity index (χ0) is 26.7. The Morgan fingerprint density at radius 1 is 1.08 bits per heavy atom. The fourth-order valence-electron chi connectivity index (χ4n) is 4.32. The Kier molecular flexibility index (Phi) is 7.82. The number of benzene rings is 3. The van der Waals surface area contributed by atoms with Crippen molar-refractivity contribution in [3.8, 4) is 11.1 Å². The van der Waals surface area contributed by atoms with Crippen molar-refractivity contribution in [3.63, 3.8) is 0 Å². The molecule has 11 heteroatoms. The van der Waals surface area contributed by atoms with E-state index in [-0.39, 0.29) is 29.6 Å². The highest BCUT2D eigenvalue weighted by Gasteiger charge is 2.39. The normalized spacial score (nSPS) is 17.5. The molecule has 1 aliphatic heterocycles. The van der Waals surface area contributed by atoms with Crippen LogP contribution in [-0.2, 0) is 14.6 Å². The second-order valence-corrected chi connectivity index (χ2v) is 11.3. The van der Waals surface area contributed by atoms with Crippen LogP contribution in [0.25, 0.3) is 11.1 Å². The first-order chi connectivity index (χ1) is 17.6. The Morgan fingerprint density at radius 2 is 1.78 bits per heavy atom. The Balaban J connectivity index is 1.53. The molecule has 1 fully saturated rings. The Labute approximate surface area is 219 Å². The van der Waals surface area contributed by atoms with Gasteiger partial charge in [0.05, 0.1) is 10.6 Å². The summed E-state index contributed by atoms with van der Waals surface area (Å²) in [6.45, 7) is 0.564. The minimum absolute atomic E-state index is 0.0762. The molecule has 1 aliphatic rings. The summed E-state index contributed by atoms with van der Waals surface area (Å²) in [6, 6.07) is 15.6. The van der Waals surface area contributed by atoms with Gasteiger partial charge in [-0.2, -0.15) is 0 Å². The number of sulfone groups is 1. The molecular formula is C26H26ClFN4O4S. The van der Waals surface area contributed by atoms with Gasteiger partial charge in [0.1, 0.15) is 11.9 Å². The number of anilines is 2. The molecule has 4 N–H and O–H groups in total. The van der Waals surface area contributed by atoms with Crippen molar-refractivity contribution in [2.45, 2.75) is 17.4 Å². The second-order valence-electron chi connectivity index (χ2n) is 8.89. The SMILES string of the molecule is CS(=O)(=O)c1ccccc1-c1ccc(NC(=O)C2CC(CN)CN2C(=O)Nc2ccc(Cl)cc2)c(F)c1. The van der Waals surface area contributed by atoms with Crippen LogP contribution < -0.4 is 16.4 Å². The molecule has 1 heterocycles. The summed E-state index contributed by atoms with van der Waals surface area (Å²) in [7, 11) is -3.53. The van der Waals surface area contributed by atoms with Crippen molar-refractivity contribution >= 4 is 44.8 Å². The summed E-state index contributed by atoms with van der Waals surface area (Å²) in [5.41, 5.74) is 6.95. The maximum atomic E-state index is 15.0. The maximum Gasteiger partial charge on any atom is 0.322 e. The van der Waals surface area contributed by atoms with E-state index in [2.05, 4.69) is 10.6 Å². The van der Waals surface area contributed by atoms with E-state index in [4.69, 9.17) is 17.3 Å². The number of nitrogens with one attached hydrogen (secondary N) is 2. The summed E-state index contributed by atoms with van der Waals surface area (Å²) in [4.78, 5) is 27.6. The van der Waals surface area contributed by atoms with Crippen molar-refractivity contribution in [1.29, 1.82) is 0 Å². The number of rotatable bonds is 6. The molecule has 0 aromatic heterocycles. The fourth-order valence-corrected chi connectivity index (χ4v) is 5.36. The standard InChI is InChI=1S/C26H26ClFN4O4S/c1-37(35,36)24-5-3-2-4-20(24)17-6-11-22(21(28)13-17)31-25(33)23-12-16(14-29)15-32(23)26(34)30-19-9-7-18(27)8-10-19/h2-11,13,16,23H,12,14-15,29H2,1H3,(H,30,34)(H,31,33). The van der Waals surface area contributed by atoms with Gasteiger partial charge in [0.25, 0.3) is 0 Å². The molecular weight excluding hydrogens is 519 g/mol. The number of nitrogens with two attached hydrogens (primary N) is 1. The fraction of sp³-hybridized carbons (Fsp3) is 0.231. The Hall–Kier alpha value is -3.47. The summed E-state index contributed by atoms with van der Waals surface area (Å²) in [5.74, 6) is -1.38. The van der Waals surface area contributed by atoms with E-state index in [1.807, 2.05) is 0 Å². The lowest BCUT2D eigenvalue weighted by Crippen LogP contribution is -2.45. The van der Waals surface area contributed by atoms with E-state index < -0.39 is 33.6 Å². The number of halogens is 2. The maximum absolute atomic E-state index is 15.0. The quantitative estimate of drug-likeness (QED) is 0.425. The Morgan fingerprint density at radius 3 is 2.43 bits per heavy atom. The molecule has 4 rings (SSSR count). The first kappa shape index (κ1) is 26.6. The van der Waals surface area contributed by atoms with E-state index >= 15 is 4.39 Å². The van der Waals surface area contributed by atoms with Crippen molar-refractivity contribution < 1.29 is 22.4 Å². The molecule has 2 unspecified atom stereocenters. The highest BCUT2D eigenvalue weighted by molar-refractivity contribution is 7.90. The third kappa shape index (κ3) is 6.10. The smallest absolute Gasteiger partial charge is 0.322 e. The zero-order valence-corrected chi connectivity index (χ0v) is 21.5. The lowest BCUT2D eigenvalue weighted by atomic mass is 10.0. The molecule has 0 spiro atoms. The lowest BCUT2D eigenvalue weighted by molar-refractivity contribution is -0.119. The molecule has 0 aliphatic carbocycles. The van der Waals surface area contributed by atoms with E-state index in [9.17, 15) is 18.0 Å². The third-order valence-corrected chi connectivity index (χ3v) is 7.61. The van der Waals surface area contributed by atoms with E-state index in [1.165, 1.54) is 29.2 Å². The number of likely N-dealkylation sites (tertiary alicyclic amines) is 1. The van der Waals surface area contributed by atoms with Crippen molar-refractivity contribution in [2.24, 2.45) is 11.7 Å². The average molecular weight is 545 g/mol. The summed E-state index contributed by atoms with van der Waals surface area (Å²) in [6.07, 6.45) is 1.42. The number of hydrogen-bond acceptors (Lipinski definition) is 5. The van der Waals surface area contributed by atoms with Crippen LogP contribution in [0.15, 0.2) is 71.6 Å². The molecule has 0 saturated carbocycles. The first-order valence-electron chi connectivity index (χ1n) is 11.5. The highest BCUT2D eigenvalue weighted by atomic mass is 35.5. The van der Waals surface area contributed by atoms with Gasteiger partial charge < -0.3 is 21.3 Å². The van der Waals surface area contributed by atoms with Crippen LogP contribution in [0.3, 0.4) is 0 Å². The van der Waals surface area contributed by atoms with E-state index in [0.29, 0.717) is 28.3 Å². The van der Waals surface area contributed by atoms with E-state index in [0.717, 1.165) is 6.26 Å². The van der Waals surface area contributed by atoms with Gasteiger partial charge in [-0.25, -0.2) is 17.6 Å². The van der Waals surface area contributed by atoms with Crippen LogP contribution in [-0.4, -0.2) is 50.6 Å². The van der Waals surface area contributed by atoms with Crippen LogP contribution in [0.4, 0.5) is 20.6 Å². The second kappa shape index (κ2) is 10.9. The van der Waals surface area contributed by atoms with Gasteiger partial charge in [0.15, 0.2) is 9.84 Å². The molecule has 3 aromatic rings. The lowest BCUT2D eigenvalue weighted by Gasteiger charge is -2.24. The number of urea groups is 1. The number of nitrogens with zero attached hydrogens (tertiary/aromatic N) is 1. The van der Waals surface area contributed by atoms with Crippen molar-refractivity contribution in [2.75, 3.05) is 30.0 Å². The molecule has 0 radical (unpaired) electrons. The molecule has 2 atom stereocenters. The number of hydrogen-bond donors (Lipinski definition) is 3. The van der Waals surface area contributed by atoms with Gasteiger partial charge in [-0.3, -0.25) is 4.79 Å². The van der Waals surface area contributed by atoms with Gasteiger partial charge in [-0.15, -0.1) is 0 Å². The minimum atomic E-state index is -3.53. The van der Waals surface area contributed by atoms with Crippen LogP contribution in [0.5, 0.6) is 0 Å². The van der Waals surface area contributed by atoms with Crippen LogP contribution in [0.1, 0.15) is 6.42 Å². The molecule has 0 bridgehead atoms. The summed E-state index contributed by atoms with van der Waals surface area (Å²) >= 11 is 5.89. The molecule has 194 valence electrons. The van der Waals surface area contributed by atoms with Gasteiger partial charge in [0, 0.05) is 29.1 Å². The third-order valence-electron chi connectivity index (χ3n) is 6.20. The molecule has 3 aromatic carbocycles. The average Bonchev–Trinajstić information content (AvgIpc) is 3.31. The van der Waals surface area contributed by atoms with Crippen molar-refractivity contribution in [3.05, 3.63) is 77.6 Å². The Bertz CT molecular complexity index is 1430. The summed E-state index contributed by atoms with van der Waals surface area (Å²) in [5, 5.41) is 5.83. The largest absolute Gasteiger partial charge is 0.330 e. The molecule has 3 amide bonds. The minimum Gasteiger partial charge on any atom is -0.330 e. The predicted octanol–water partition coefficient (Wildman–Crippen LogP) is 4.37. The highest BCUT2D eigenvalue weighted by Crippen LogP contribution is 2.31. The topological polar surface area (TPSA) is 122 Å². The molecule has 8 nitrogen and oxygen atoms in total. The van der Waals surface area contributed by atoms with Gasteiger partial charge >= 0.3 is 6.03 Å². The first-order valence-corrected chi connectivity index (χ1v) is 13.8. The van der Waals surface area contributed by atoms with Gasteiger partial charge in [0.2, 0.25) is 5.91 Å².